The van der Waals surface area contributed by atoms with Crippen LogP contribution in [0.5, 0.6) is 23.0 Å². The Hall–Kier alpha value is -3.67. The average Bonchev–Trinajstić information content (AvgIpc) is 2.73. The molecule has 0 bridgehead atoms. The van der Waals surface area contributed by atoms with Crippen LogP contribution in [-0.4, -0.2) is 25.8 Å². The van der Waals surface area contributed by atoms with Crippen molar-refractivity contribution in [2.75, 3.05) is 14.2 Å². The number of ether oxygens (including phenoxy) is 3. The first-order valence-corrected chi connectivity index (χ1v) is 8.46. The van der Waals surface area contributed by atoms with Crippen molar-refractivity contribution in [2.45, 2.75) is 0 Å². The lowest BCUT2D eigenvalue weighted by Gasteiger charge is -2.21. The minimum absolute atomic E-state index is 0.0990. The van der Waals surface area contributed by atoms with Crippen molar-refractivity contribution in [3.05, 3.63) is 82.7 Å². The zero-order valence-corrected chi connectivity index (χ0v) is 15.1. The average molecular weight is 378 g/mol. The maximum Gasteiger partial charge on any atom is 0.203 e. The van der Waals surface area contributed by atoms with Gasteiger partial charge in [0.1, 0.15) is 0 Å². The molecule has 0 heterocycles. The highest BCUT2D eigenvalue weighted by molar-refractivity contribution is 6.29. The molecule has 3 aromatic carbocycles. The molecule has 0 N–H and O–H groups in total. The van der Waals surface area contributed by atoms with Gasteiger partial charge < -0.3 is 14.2 Å². The predicted molar refractivity (Wildman–Crippen MR) is 99.3 cm³/mol. The van der Waals surface area contributed by atoms with Gasteiger partial charge in [-0.25, -0.2) is 4.39 Å². The molecule has 0 spiro atoms. The molecule has 0 atom stereocenters. The Morgan fingerprint density at radius 2 is 1.36 bits per heavy atom. The fourth-order valence-electron chi connectivity index (χ4n) is 3.28. The summed E-state index contributed by atoms with van der Waals surface area (Å²) in [7, 11) is 2.89. The second-order valence-electron chi connectivity index (χ2n) is 6.10. The summed E-state index contributed by atoms with van der Waals surface area (Å²) < 4.78 is 31.0. The number of hydrogen-bond donors (Lipinski definition) is 0. The number of ketones is 2. The highest BCUT2D eigenvalue weighted by Crippen LogP contribution is 2.42. The molecule has 0 unspecified atom stereocenters. The van der Waals surface area contributed by atoms with Crippen molar-refractivity contribution >= 4 is 11.6 Å². The van der Waals surface area contributed by atoms with Crippen molar-refractivity contribution in [2.24, 2.45) is 0 Å². The van der Waals surface area contributed by atoms with Crippen LogP contribution in [-0.2, 0) is 0 Å². The van der Waals surface area contributed by atoms with E-state index in [9.17, 15) is 14.0 Å². The predicted octanol–water partition coefficient (Wildman–Crippen LogP) is 4.41. The number of rotatable bonds is 4. The van der Waals surface area contributed by atoms with E-state index in [1.165, 1.54) is 20.3 Å². The Morgan fingerprint density at radius 3 is 2.04 bits per heavy atom. The lowest BCUT2D eigenvalue weighted by molar-refractivity contribution is 0.0976. The second kappa shape index (κ2) is 6.81. The molecule has 1 aliphatic carbocycles. The monoisotopic (exact) mass is 378 g/mol. The van der Waals surface area contributed by atoms with Gasteiger partial charge in [-0.1, -0.05) is 30.3 Å². The third-order valence-corrected chi connectivity index (χ3v) is 4.58. The SMILES string of the molecule is COc1cccc(Oc2c(F)ccc3c2C(=O)c2ccccc2C3=O)c1OC. The van der Waals surface area contributed by atoms with Crippen LogP contribution in [0.4, 0.5) is 4.39 Å². The Labute approximate surface area is 160 Å². The molecule has 0 radical (unpaired) electrons. The first-order valence-electron chi connectivity index (χ1n) is 8.46. The zero-order valence-electron chi connectivity index (χ0n) is 15.1. The topological polar surface area (TPSA) is 61.8 Å². The van der Waals surface area contributed by atoms with Crippen molar-refractivity contribution in [1.82, 2.24) is 0 Å². The van der Waals surface area contributed by atoms with Gasteiger partial charge in [-0.3, -0.25) is 9.59 Å². The van der Waals surface area contributed by atoms with Crippen LogP contribution in [0.2, 0.25) is 0 Å². The van der Waals surface area contributed by atoms with Gasteiger partial charge in [-0.05, 0) is 24.3 Å². The largest absolute Gasteiger partial charge is 0.493 e. The second-order valence-corrected chi connectivity index (χ2v) is 6.10. The van der Waals surface area contributed by atoms with E-state index in [4.69, 9.17) is 14.2 Å². The lowest BCUT2D eigenvalue weighted by Crippen LogP contribution is -2.22. The number of hydrogen-bond acceptors (Lipinski definition) is 5. The fraction of sp³-hybridized carbons (Fsp3) is 0.0909. The molecule has 6 heteroatoms. The molecule has 0 saturated carbocycles. The molecule has 0 fully saturated rings. The van der Waals surface area contributed by atoms with E-state index in [1.807, 2.05) is 0 Å². The van der Waals surface area contributed by atoms with Crippen LogP contribution in [0.15, 0.2) is 54.6 Å². The first-order chi connectivity index (χ1) is 13.6. The maximum absolute atomic E-state index is 14.7. The van der Waals surface area contributed by atoms with E-state index < -0.39 is 11.6 Å². The lowest BCUT2D eigenvalue weighted by atomic mass is 9.83. The molecule has 4 rings (SSSR count). The minimum atomic E-state index is -0.760. The van der Waals surface area contributed by atoms with Crippen LogP contribution < -0.4 is 14.2 Å². The standard InChI is InChI=1S/C22H15FO5/c1-26-16-8-5-9-17(22(16)27-2)28-21-15(23)11-10-14-18(21)20(25)13-7-4-3-6-12(13)19(14)24/h3-11H,1-2H3. The van der Waals surface area contributed by atoms with Gasteiger partial charge in [-0.15, -0.1) is 0 Å². The number of fused-ring (bicyclic) bond motifs is 2. The molecular weight excluding hydrogens is 363 g/mol. The number of para-hydroxylation sites is 1. The summed E-state index contributed by atoms with van der Waals surface area (Å²) in [6.45, 7) is 0. The number of halogens is 1. The molecular formula is C22H15FO5. The molecule has 28 heavy (non-hydrogen) atoms. The van der Waals surface area contributed by atoms with Gasteiger partial charge in [0.2, 0.25) is 5.75 Å². The minimum Gasteiger partial charge on any atom is -0.493 e. The van der Waals surface area contributed by atoms with Gasteiger partial charge in [0.05, 0.1) is 19.8 Å². The Morgan fingerprint density at radius 1 is 0.679 bits per heavy atom. The van der Waals surface area contributed by atoms with Gasteiger partial charge in [0.15, 0.2) is 34.6 Å². The van der Waals surface area contributed by atoms with Crippen LogP contribution in [0.25, 0.3) is 0 Å². The van der Waals surface area contributed by atoms with E-state index in [2.05, 4.69) is 0 Å². The third kappa shape index (κ3) is 2.62. The van der Waals surface area contributed by atoms with Crippen molar-refractivity contribution in [3.63, 3.8) is 0 Å². The van der Waals surface area contributed by atoms with Gasteiger partial charge >= 0.3 is 0 Å². The Bertz CT molecular complexity index is 1120. The summed E-state index contributed by atoms with van der Waals surface area (Å²) in [6, 6.07) is 13.7. The summed E-state index contributed by atoms with van der Waals surface area (Å²) in [5.74, 6) is -1.11. The van der Waals surface area contributed by atoms with Crippen molar-refractivity contribution in [1.29, 1.82) is 0 Å². The Balaban J connectivity index is 1.90. The van der Waals surface area contributed by atoms with Gasteiger partial charge in [-0.2, -0.15) is 0 Å². The van der Waals surface area contributed by atoms with E-state index >= 15 is 0 Å². The highest BCUT2D eigenvalue weighted by Gasteiger charge is 2.34. The number of benzene rings is 3. The fourth-order valence-corrected chi connectivity index (χ4v) is 3.28. The maximum atomic E-state index is 14.7. The van der Waals surface area contributed by atoms with Gasteiger partial charge in [0, 0.05) is 16.7 Å². The molecule has 0 aliphatic heterocycles. The summed E-state index contributed by atoms with van der Waals surface area (Å²) in [5.41, 5.74) is 0.500. The zero-order chi connectivity index (χ0) is 19.8. The third-order valence-electron chi connectivity index (χ3n) is 4.58. The van der Waals surface area contributed by atoms with Crippen LogP contribution in [0.3, 0.4) is 0 Å². The number of methoxy groups -OCH3 is 2. The summed E-state index contributed by atoms with van der Waals surface area (Å²) in [6.07, 6.45) is 0. The molecule has 3 aromatic rings. The van der Waals surface area contributed by atoms with Crippen LogP contribution in [0, 0.1) is 5.82 Å². The molecule has 1 aliphatic rings. The van der Waals surface area contributed by atoms with Crippen LogP contribution in [0.1, 0.15) is 31.8 Å². The van der Waals surface area contributed by atoms with Crippen molar-refractivity contribution in [3.8, 4) is 23.0 Å². The first kappa shape index (κ1) is 17.7. The number of carbonyl (C=O) groups is 2. The van der Waals surface area contributed by atoms with Gasteiger partial charge in [0.25, 0.3) is 0 Å². The molecule has 0 saturated heterocycles. The van der Waals surface area contributed by atoms with E-state index in [1.54, 1.807) is 42.5 Å². The number of carbonyl (C=O) groups excluding carboxylic acids is 2. The van der Waals surface area contributed by atoms with E-state index in [0.29, 0.717) is 5.75 Å². The molecule has 140 valence electrons. The normalized spacial score (nSPS) is 12.2. The highest BCUT2D eigenvalue weighted by atomic mass is 19.1. The summed E-state index contributed by atoms with van der Waals surface area (Å²) in [5, 5.41) is 0. The van der Waals surface area contributed by atoms with Crippen LogP contribution >= 0.6 is 0 Å². The molecule has 0 amide bonds. The smallest absolute Gasteiger partial charge is 0.203 e. The summed E-state index contributed by atoms with van der Waals surface area (Å²) >= 11 is 0. The van der Waals surface area contributed by atoms with Crippen molar-refractivity contribution < 1.29 is 28.2 Å². The van der Waals surface area contributed by atoms with E-state index in [0.717, 1.165) is 6.07 Å². The Kier molecular flexibility index (Phi) is 4.31. The molecule has 0 aromatic heterocycles. The summed E-state index contributed by atoms with van der Waals surface area (Å²) in [4.78, 5) is 25.9. The molecule has 5 nitrogen and oxygen atoms in total. The van der Waals surface area contributed by atoms with E-state index in [-0.39, 0.29) is 45.3 Å². The quantitative estimate of drug-likeness (QED) is 0.526.